The fourth-order valence-corrected chi connectivity index (χ4v) is 4.51. The number of carbonyl (C=O) groups is 1. The fraction of sp³-hybridized carbons (Fsp3) is 0.286. The third-order valence-corrected chi connectivity index (χ3v) is 6.56. The van der Waals surface area contributed by atoms with E-state index < -0.39 is 52.8 Å². The monoisotopic (exact) mass is 501 g/mol. The second-order valence-corrected chi connectivity index (χ2v) is 9.23. The normalized spacial score (nSPS) is 12.1. The Kier molecular flexibility index (Phi) is 7.54. The standard InChI is InChI=1S/C21H19F4N3O5S/c22-17(23)19-27-26-18(33-19)15-9-7-14(8-10-15)13-28(16-5-2-1-3-6-16)34(31,32)12-4-11-21(24,25)20(29)30/h1-3,5-10,17H,4,11-13H2,(H,29,30). The minimum atomic E-state index is -4.11. The maximum Gasteiger partial charge on any atom is 0.374 e. The van der Waals surface area contributed by atoms with Gasteiger partial charge in [0, 0.05) is 12.0 Å². The predicted octanol–water partition coefficient (Wildman–Crippen LogP) is 4.51. The molecule has 0 aliphatic heterocycles. The lowest BCUT2D eigenvalue weighted by atomic mass is 10.1. The first kappa shape index (κ1) is 25.1. The summed E-state index contributed by atoms with van der Waals surface area (Å²) in [5.74, 6) is -7.99. The summed E-state index contributed by atoms with van der Waals surface area (Å²) in [6.45, 7) is -0.159. The molecule has 0 fully saturated rings. The molecule has 2 aromatic carbocycles. The zero-order valence-electron chi connectivity index (χ0n) is 17.4. The topological polar surface area (TPSA) is 114 Å². The van der Waals surface area contributed by atoms with Crippen molar-refractivity contribution in [2.45, 2.75) is 31.7 Å². The molecule has 0 saturated carbocycles. The Balaban J connectivity index is 1.79. The number of alkyl halides is 4. The van der Waals surface area contributed by atoms with Crippen molar-refractivity contribution < 1.29 is 40.3 Å². The van der Waals surface area contributed by atoms with E-state index in [0.29, 0.717) is 11.1 Å². The molecule has 0 amide bonds. The highest BCUT2D eigenvalue weighted by atomic mass is 32.2. The Morgan fingerprint density at radius 1 is 1.06 bits per heavy atom. The van der Waals surface area contributed by atoms with Crippen LogP contribution < -0.4 is 4.31 Å². The second kappa shape index (κ2) is 10.2. The van der Waals surface area contributed by atoms with Gasteiger partial charge in [-0.2, -0.15) is 17.6 Å². The second-order valence-electron chi connectivity index (χ2n) is 7.21. The van der Waals surface area contributed by atoms with Crippen LogP contribution in [0.2, 0.25) is 0 Å². The molecule has 8 nitrogen and oxygen atoms in total. The van der Waals surface area contributed by atoms with Gasteiger partial charge in [0.15, 0.2) is 0 Å². The molecule has 1 N–H and O–H groups in total. The van der Waals surface area contributed by atoms with Gasteiger partial charge < -0.3 is 9.52 Å². The summed E-state index contributed by atoms with van der Waals surface area (Å²) in [6, 6.07) is 14.0. The molecule has 0 spiro atoms. The summed E-state index contributed by atoms with van der Waals surface area (Å²) < 4.78 is 83.8. The Morgan fingerprint density at radius 2 is 1.71 bits per heavy atom. The van der Waals surface area contributed by atoms with E-state index in [0.717, 1.165) is 4.31 Å². The molecular formula is C21H19F4N3O5S. The average molecular weight is 501 g/mol. The number of hydrogen-bond donors (Lipinski definition) is 1. The lowest BCUT2D eigenvalue weighted by Crippen LogP contribution is -2.34. The van der Waals surface area contributed by atoms with Crippen molar-refractivity contribution in [3.8, 4) is 11.5 Å². The van der Waals surface area contributed by atoms with E-state index in [1.165, 1.54) is 36.4 Å². The third kappa shape index (κ3) is 6.10. The first-order chi connectivity index (χ1) is 16.0. The molecule has 0 atom stereocenters. The number of sulfonamides is 1. The van der Waals surface area contributed by atoms with Gasteiger partial charge in [-0.25, -0.2) is 13.2 Å². The van der Waals surface area contributed by atoms with Gasteiger partial charge in [0.1, 0.15) is 0 Å². The number of halogens is 4. The first-order valence-electron chi connectivity index (χ1n) is 9.87. The fourth-order valence-electron chi connectivity index (χ4n) is 3.00. The van der Waals surface area contributed by atoms with Gasteiger partial charge in [0.05, 0.1) is 18.0 Å². The molecule has 1 aromatic heterocycles. The van der Waals surface area contributed by atoms with Gasteiger partial charge in [0.25, 0.3) is 5.89 Å². The maximum absolute atomic E-state index is 13.3. The van der Waals surface area contributed by atoms with E-state index in [1.807, 2.05) is 0 Å². The zero-order valence-corrected chi connectivity index (χ0v) is 18.3. The van der Waals surface area contributed by atoms with Gasteiger partial charge in [0.2, 0.25) is 15.9 Å². The summed E-state index contributed by atoms with van der Waals surface area (Å²) in [5, 5.41) is 15.3. The highest BCUT2D eigenvalue weighted by molar-refractivity contribution is 7.92. The third-order valence-electron chi connectivity index (χ3n) is 4.74. The molecule has 0 radical (unpaired) electrons. The van der Waals surface area contributed by atoms with Gasteiger partial charge >= 0.3 is 18.3 Å². The van der Waals surface area contributed by atoms with Gasteiger partial charge in [-0.15, -0.1) is 10.2 Å². The molecule has 0 aliphatic rings. The van der Waals surface area contributed by atoms with Crippen LogP contribution in [0.4, 0.5) is 23.2 Å². The Morgan fingerprint density at radius 3 is 2.26 bits per heavy atom. The van der Waals surface area contributed by atoms with Crippen molar-refractivity contribution in [3.05, 3.63) is 66.1 Å². The number of carboxylic acids is 1. The minimum Gasteiger partial charge on any atom is -0.477 e. The number of aromatic nitrogens is 2. The van der Waals surface area contributed by atoms with E-state index in [2.05, 4.69) is 10.2 Å². The SMILES string of the molecule is O=C(O)C(F)(F)CCCS(=O)(=O)N(Cc1ccc(-c2nnc(C(F)F)o2)cc1)c1ccccc1. The molecule has 34 heavy (non-hydrogen) atoms. The zero-order chi connectivity index (χ0) is 24.9. The molecule has 0 bridgehead atoms. The highest BCUT2D eigenvalue weighted by Gasteiger charge is 2.38. The molecule has 3 rings (SSSR count). The van der Waals surface area contributed by atoms with Crippen molar-refractivity contribution in [2.75, 3.05) is 10.1 Å². The van der Waals surface area contributed by atoms with E-state index in [9.17, 15) is 30.8 Å². The van der Waals surface area contributed by atoms with Crippen molar-refractivity contribution in [1.29, 1.82) is 0 Å². The highest BCUT2D eigenvalue weighted by Crippen LogP contribution is 2.27. The van der Waals surface area contributed by atoms with Crippen LogP contribution in [0.1, 0.15) is 30.7 Å². The van der Waals surface area contributed by atoms with Crippen LogP contribution in [0.5, 0.6) is 0 Å². The molecule has 13 heteroatoms. The maximum atomic E-state index is 13.3. The summed E-state index contributed by atoms with van der Waals surface area (Å²) in [7, 11) is -4.11. The number of rotatable bonds is 11. The molecule has 0 unspecified atom stereocenters. The first-order valence-corrected chi connectivity index (χ1v) is 11.5. The van der Waals surface area contributed by atoms with E-state index >= 15 is 0 Å². The van der Waals surface area contributed by atoms with Gasteiger partial charge in [-0.3, -0.25) is 4.31 Å². The molecule has 1 heterocycles. The van der Waals surface area contributed by atoms with Crippen LogP contribution in [0.25, 0.3) is 11.5 Å². The van der Waals surface area contributed by atoms with E-state index in [1.54, 1.807) is 18.2 Å². The van der Waals surface area contributed by atoms with Gasteiger partial charge in [-0.1, -0.05) is 30.3 Å². The summed E-state index contributed by atoms with van der Waals surface area (Å²) in [4.78, 5) is 10.6. The largest absolute Gasteiger partial charge is 0.477 e. The number of aliphatic carboxylic acids is 1. The Labute approximate surface area is 191 Å². The molecule has 0 saturated heterocycles. The molecule has 3 aromatic rings. The van der Waals surface area contributed by atoms with Crippen LogP contribution in [-0.2, 0) is 21.4 Å². The molecular weight excluding hydrogens is 482 g/mol. The predicted molar refractivity (Wildman–Crippen MR) is 113 cm³/mol. The number of hydrogen-bond acceptors (Lipinski definition) is 6. The number of benzene rings is 2. The van der Waals surface area contributed by atoms with E-state index in [-0.39, 0.29) is 18.1 Å². The molecule has 0 aliphatic carbocycles. The van der Waals surface area contributed by atoms with Crippen LogP contribution in [0.3, 0.4) is 0 Å². The van der Waals surface area contributed by atoms with Crippen LogP contribution >= 0.6 is 0 Å². The van der Waals surface area contributed by atoms with Crippen molar-refractivity contribution in [3.63, 3.8) is 0 Å². The van der Waals surface area contributed by atoms with Gasteiger partial charge in [-0.05, 0) is 36.2 Å². The van der Waals surface area contributed by atoms with Crippen LogP contribution in [-0.4, -0.2) is 41.4 Å². The lowest BCUT2D eigenvalue weighted by molar-refractivity contribution is -0.165. The smallest absolute Gasteiger partial charge is 0.374 e. The van der Waals surface area contributed by atoms with Crippen LogP contribution in [0.15, 0.2) is 59.0 Å². The number of para-hydroxylation sites is 1. The quantitative estimate of drug-likeness (QED) is 0.385. The summed E-state index contributed by atoms with van der Waals surface area (Å²) >= 11 is 0. The Hall–Kier alpha value is -3.48. The minimum absolute atomic E-state index is 0.131. The van der Waals surface area contributed by atoms with Crippen LogP contribution in [0, 0.1) is 0 Å². The lowest BCUT2D eigenvalue weighted by Gasteiger charge is -2.25. The van der Waals surface area contributed by atoms with Crippen molar-refractivity contribution in [1.82, 2.24) is 10.2 Å². The number of carboxylic acid groups (broad SMARTS) is 1. The Bertz CT molecular complexity index is 1220. The summed E-state index contributed by atoms with van der Waals surface area (Å²) in [6.07, 6.45) is -4.60. The summed E-state index contributed by atoms with van der Waals surface area (Å²) in [5.41, 5.74) is 1.13. The molecule has 182 valence electrons. The van der Waals surface area contributed by atoms with Crippen molar-refractivity contribution >= 4 is 21.7 Å². The number of anilines is 1. The number of nitrogens with zero attached hydrogens (tertiary/aromatic N) is 3. The van der Waals surface area contributed by atoms with E-state index in [4.69, 9.17) is 9.52 Å². The average Bonchev–Trinajstić information content (AvgIpc) is 3.29. The van der Waals surface area contributed by atoms with Crippen molar-refractivity contribution in [2.24, 2.45) is 0 Å².